The maximum atomic E-state index is 10.9. The zero-order valence-corrected chi connectivity index (χ0v) is 8.30. The Morgan fingerprint density at radius 2 is 2.50 bits per heavy atom. The van der Waals surface area contributed by atoms with Crippen LogP contribution in [0.15, 0.2) is 12.4 Å². The molecule has 5 nitrogen and oxygen atoms in total. The zero-order valence-electron chi connectivity index (χ0n) is 8.30. The number of rotatable bonds is 4. The fourth-order valence-electron chi connectivity index (χ4n) is 1.22. The predicted molar refractivity (Wildman–Crippen MR) is 49.5 cm³/mol. The highest BCUT2D eigenvalue weighted by molar-refractivity contribution is 5.69. The Kier molecular flexibility index (Phi) is 3.64. The molecule has 1 rings (SSSR count). The molecule has 14 heavy (non-hydrogen) atoms. The Bertz CT molecular complexity index is 309. The Balaban J connectivity index is 2.68. The Hall–Kier alpha value is -1.36. The SMILES string of the molecule is CCn1ccnc1[C@@H](O)CC(=O)OC. The van der Waals surface area contributed by atoms with E-state index in [1.807, 2.05) is 6.92 Å². The predicted octanol–water partition coefficient (Wildman–Crippen LogP) is 0.499. The summed E-state index contributed by atoms with van der Waals surface area (Å²) in [5.41, 5.74) is 0. The monoisotopic (exact) mass is 198 g/mol. The van der Waals surface area contributed by atoms with E-state index in [9.17, 15) is 9.90 Å². The van der Waals surface area contributed by atoms with Crippen molar-refractivity contribution in [2.75, 3.05) is 7.11 Å². The smallest absolute Gasteiger partial charge is 0.308 e. The van der Waals surface area contributed by atoms with Crippen LogP contribution >= 0.6 is 0 Å². The molecule has 1 N–H and O–H groups in total. The minimum absolute atomic E-state index is 0.0620. The topological polar surface area (TPSA) is 64.3 Å². The number of ether oxygens (including phenoxy) is 1. The normalized spacial score (nSPS) is 12.5. The lowest BCUT2D eigenvalue weighted by atomic mass is 10.2. The van der Waals surface area contributed by atoms with Crippen molar-refractivity contribution >= 4 is 5.97 Å². The van der Waals surface area contributed by atoms with Gasteiger partial charge in [0.05, 0.1) is 13.5 Å². The third-order valence-electron chi connectivity index (χ3n) is 1.97. The van der Waals surface area contributed by atoms with Gasteiger partial charge in [-0.25, -0.2) is 4.98 Å². The van der Waals surface area contributed by atoms with Gasteiger partial charge in [-0.3, -0.25) is 4.79 Å². The Morgan fingerprint density at radius 1 is 1.79 bits per heavy atom. The van der Waals surface area contributed by atoms with Crippen molar-refractivity contribution in [3.8, 4) is 0 Å². The van der Waals surface area contributed by atoms with Crippen LogP contribution in [0.4, 0.5) is 0 Å². The third-order valence-corrected chi connectivity index (χ3v) is 1.97. The van der Waals surface area contributed by atoms with Crippen LogP contribution in [-0.4, -0.2) is 27.7 Å². The van der Waals surface area contributed by atoms with Crippen molar-refractivity contribution < 1.29 is 14.6 Å². The van der Waals surface area contributed by atoms with Crippen molar-refractivity contribution in [3.05, 3.63) is 18.2 Å². The lowest BCUT2D eigenvalue weighted by molar-refractivity contribution is -0.143. The van der Waals surface area contributed by atoms with E-state index in [1.165, 1.54) is 7.11 Å². The molecule has 1 aromatic heterocycles. The zero-order chi connectivity index (χ0) is 10.6. The maximum absolute atomic E-state index is 10.9. The highest BCUT2D eigenvalue weighted by Crippen LogP contribution is 2.14. The minimum Gasteiger partial charge on any atom is -0.469 e. The summed E-state index contributed by atoms with van der Waals surface area (Å²) in [4.78, 5) is 14.9. The van der Waals surface area contributed by atoms with Crippen molar-refractivity contribution in [1.82, 2.24) is 9.55 Å². The second-order valence-corrected chi connectivity index (χ2v) is 2.87. The van der Waals surface area contributed by atoms with E-state index in [4.69, 9.17) is 0 Å². The molecule has 0 unspecified atom stereocenters. The van der Waals surface area contributed by atoms with Gasteiger partial charge in [-0.2, -0.15) is 0 Å². The average Bonchev–Trinajstić information content (AvgIpc) is 2.65. The molecule has 0 aromatic carbocycles. The number of hydrogen-bond acceptors (Lipinski definition) is 4. The third kappa shape index (κ3) is 2.32. The number of methoxy groups -OCH3 is 1. The summed E-state index contributed by atoms with van der Waals surface area (Å²) in [7, 11) is 1.29. The van der Waals surface area contributed by atoms with Crippen LogP contribution < -0.4 is 0 Å². The first-order valence-corrected chi connectivity index (χ1v) is 4.45. The molecule has 0 fully saturated rings. The van der Waals surface area contributed by atoms with Crippen LogP contribution in [0.5, 0.6) is 0 Å². The molecule has 0 bridgehead atoms. The first kappa shape index (κ1) is 10.7. The van der Waals surface area contributed by atoms with Gasteiger partial charge in [-0.1, -0.05) is 0 Å². The molecule has 0 aliphatic rings. The van der Waals surface area contributed by atoms with Gasteiger partial charge >= 0.3 is 5.97 Å². The quantitative estimate of drug-likeness (QED) is 0.715. The summed E-state index contributed by atoms with van der Waals surface area (Å²) in [6.45, 7) is 2.66. The van der Waals surface area contributed by atoms with E-state index in [-0.39, 0.29) is 6.42 Å². The van der Waals surface area contributed by atoms with E-state index < -0.39 is 12.1 Å². The molecule has 5 heteroatoms. The van der Waals surface area contributed by atoms with Gasteiger partial charge < -0.3 is 14.4 Å². The lowest BCUT2D eigenvalue weighted by Crippen LogP contribution is -2.12. The summed E-state index contributed by atoms with van der Waals surface area (Å²) in [6.07, 6.45) is 2.40. The molecule has 0 saturated carbocycles. The molecule has 0 saturated heterocycles. The van der Waals surface area contributed by atoms with Crippen molar-refractivity contribution in [1.29, 1.82) is 0 Å². The van der Waals surface area contributed by atoms with Crippen LogP contribution in [0.2, 0.25) is 0 Å². The van der Waals surface area contributed by atoms with Gasteiger partial charge in [0, 0.05) is 18.9 Å². The fourth-order valence-corrected chi connectivity index (χ4v) is 1.22. The van der Waals surface area contributed by atoms with Gasteiger partial charge in [0.1, 0.15) is 11.9 Å². The van der Waals surface area contributed by atoms with Gasteiger partial charge in [0.15, 0.2) is 0 Å². The van der Waals surface area contributed by atoms with Crippen LogP contribution in [0, 0.1) is 0 Å². The lowest BCUT2D eigenvalue weighted by Gasteiger charge is -2.10. The molecule has 0 spiro atoms. The Labute approximate surface area is 82.3 Å². The number of esters is 1. The molecule has 1 aromatic rings. The number of imidazole rings is 1. The standard InChI is InChI=1S/C9H14N2O3/c1-3-11-5-4-10-9(11)7(12)6-8(13)14-2/h4-5,7,12H,3,6H2,1-2H3/t7-/m0/s1. The first-order chi connectivity index (χ1) is 6.69. The average molecular weight is 198 g/mol. The summed E-state index contributed by atoms with van der Waals surface area (Å²) in [5.74, 6) is 0.0565. The van der Waals surface area contributed by atoms with Gasteiger partial charge in [0.25, 0.3) is 0 Å². The van der Waals surface area contributed by atoms with Gasteiger partial charge in [0.2, 0.25) is 0 Å². The molecule has 78 valence electrons. The van der Waals surface area contributed by atoms with E-state index in [1.54, 1.807) is 17.0 Å². The van der Waals surface area contributed by atoms with E-state index in [0.29, 0.717) is 12.4 Å². The van der Waals surface area contributed by atoms with Crippen LogP contribution in [0.3, 0.4) is 0 Å². The van der Waals surface area contributed by atoms with Crippen LogP contribution in [0.1, 0.15) is 25.3 Å². The molecular formula is C9H14N2O3. The molecule has 1 heterocycles. The Morgan fingerprint density at radius 3 is 3.07 bits per heavy atom. The highest BCUT2D eigenvalue weighted by Gasteiger charge is 2.17. The molecule has 0 radical (unpaired) electrons. The molecule has 0 aliphatic carbocycles. The summed E-state index contributed by atoms with van der Waals surface area (Å²) in [6, 6.07) is 0. The fraction of sp³-hybridized carbons (Fsp3) is 0.556. The van der Waals surface area contributed by atoms with Gasteiger partial charge in [-0.15, -0.1) is 0 Å². The second-order valence-electron chi connectivity index (χ2n) is 2.87. The molecular weight excluding hydrogens is 184 g/mol. The number of carbonyl (C=O) groups is 1. The second kappa shape index (κ2) is 4.76. The van der Waals surface area contributed by atoms with E-state index >= 15 is 0 Å². The summed E-state index contributed by atoms with van der Waals surface area (Å²) in [5, 5.41) is 9.64. The van der Waals surface area contributed by atoms with E-state index in [2.05, 4.69) is 9.72 Å². The largest absolute Gasteiger partial charge is 0.469 e. The van der Waals surface area contributed by atoms with Crippen molar-refractivity contribution in [2.24, 2.45) is 0 Å². The van der Waals surface area contributed by atoms with Crippen molar-refractivity contribution in [2.45, 2.75) is 26.0 Å². The summed E-state index contributed by atoms with van der Waals surface area (Å²) < 4.78 is 6.24. The van der Waals surface area contributed by atoms with Gasteiger partial charge in [-0.05, 0) is 6.92 Å². The first-order valence-electron chi connectivity index (χ1n) is 4.45. The van der Waals surface area contributed by atoms with Crippen LogP contribution in [-0.2, 0) is 16.1 Å². The number of carbonyl (C=O) groups excluding carboxylic acids is 1. The highest BCUT2D eigenvalue weighted by atomic mass is 16.5. The number of aliphatic hydroxyl groups is 1. The van der Waals surface area contributed by atoms with Crippen LogP contribution in [0.25, 0.3) is 0 Å². The minimum atomic E-state index is -0.891. The number of hydrogen-bond donors (Lipinski definition) is 1. The molecule has 0 aliphatic heterocycles. The maximum Gasteiger partial charge on any atom is 0.308 e. The number of aromatic nitrogens is 2. The summed E-state index contributed by atoms with van der Waals surface area (Å²) >= 11 is 0. The van der Waals surface area contributed by atoms with Crippen molar-refractivity contribution in [3.63, 3.8) is 0 Å². The number of nitrogens with zero attached hydrogens (tertiary/aromatic N) is 2. The van der Waals surface area contributed by atoms with E-state index in [0.717, 1.165) is 0 Å². The molecule has 1 atom stereocenters. The molecule has 0 amide bonds. The number of aliphatic hydroxyl groups excluding tert-OH is 1. The number of aryl methyl sites for hydroxylation is 1.